The molecule has 6 rings (SSSR count). The minimum Gasteiger partial charge on any atom is -0.255 e. The minimum atomic E-state index is -10.7. The molecular formula is C34H18F16IrN4P-. The Morgan fingerprint density at radius 1 is 0.464 bits per heavy atom. The van der Waals surface area contributed by atoms with E-state index in [0.29, 0.717) is 24.5 Å². The molecule has 0 aliphatic heterocycles. The van der Waals surface area contributed by atoms with Crippen LogP contribution in [-0.2, 0) is 32.5 Å². The van der Waals surface area contributed by atoms with Gasteiger partial charge in [-0.2, -0.15) is 26.3 Å². The van der Waals surface area contributed by atoms with Crippen molar-refractivity contribution in [2.24, 2.45) is 0 Å². The van der Waals surface area contributed by atoms with E-state index in [1.165, 1.54) is 0 Å². The zero-order valence-corrected chi connectivity index (χ0v) is 30.3. The van der Waals surface area contributed by atoms with Crippen molar-refractivity contribution in [2.45, 2.75) is 12.4 Å². The molecule has 0 aromatic carbocycles. The van der Waals surface area contributed by atoms with Gasteiger partial charge in [0.15, 0.2) is 0 Å². The summed E-state index contributed by atoms with van der Waals surface area (Å²) < 4.78 is 185. The van der Waals surface area contributed by atoms with Gasteiger partial charge in [-0.1, -0.05) is 12.1 Å². The molecule has 0 fully saturated rings. The molecule has 2 aliphatic carbocycles. The minimum absolute atomic E-state index is 0. The van der Waals surface area contributed by atoms with Crippen molar-refractivity contribution in [1.29, 1.82) is 0 Å². The number of aromatic nitrogens is 4. The quantitative estimate of drug-likeness (QED) is 0.117. The van der Waals surface area contributed by atoms with Gasteiger partial charge in [-0.3, -0.25) is 19.9 Å². The number of hydrogen-bond acceptors (Lipinski definition) is 4. The Kier molecular flexibility index (Phi) is 15.1. The molecule has 22 heteroatoms. The number of alkyl halides is 6. The Labute approximate surface area is 319 Å². The van der Waals surface area contributed by atoms with Crippen molar-refractivity contribution in [1.82, 2.24) is 19.9 Å². The zero-order chi connectivity index (χ0) is 41.3. The van der Waals surface area contributed by atoms with Gasteiger partial charge in [0.05, 0.1) is 45.0 Å². The molecule has 301 valence electrons. The summed E-state index contributed by atoms with van der Waals surface area (Å²) in [6, 6.07) is 15.2. The van der Waals surface area contributed by atoms with Crippen molar-refractivity contribution in [3.8, 4) is 11.4 Å². The summed E-state index contributed by atoms with van der Waals surface area (Å²) in [6.07, 6.45) is -3.14. The van der Waals surface area contributed by atoms with Crippen LogP contribution in [0.5, 0.6) is 0 Å². The SMILES string of the molecule is F[C]1C=C(F)C=C=C1c1ccc(C(F)(F)F)cn1.F[C]1C=C(F)C=C=C1c1ccc(C(F)(F)F)cn1.F[P-](F)(F)(F)(F)F.[Ir].c1ccc(-c2ccccn2)nc1. The summed E-state index contributed by atoms with van der Waals surface area (Å²) in [7, 11) is -10.7. The van der Waals surface area contributed by atoms with Crippen LogP contribution in [0.3, 0.4) is 0 Å². The average molecular weight is 1010 g/mol. The normalized spacial score (nSPS) is 15.6. The summed E-state index contributed by atoms with van der Waals surface area (Å²) >= 11 is 0. The second-order valence-electron chi connectivity index (χ2n) is 10.3. The molecule has 0 unspecified atom stereocenters. The molecule has 0 saturated carbocycles. The molecule has 0 atom stereocenters. The predicted molar refractivity (Wildman–Crippen MR) is 170 cm³/mol. The molecule has 4 aromatic rings. The Balaban J connectivity index is 0.000000269. The summed E-state index contributed by atoms with van der Waals surface area (Å²) in [4.78, 5) is 15.4. The molecule has 0 bridgehead atoms. The molecule has 4 nitrogen and oxygen atoms in total. The number of rotatable bonds is 3. The van der Waals surface area contributed by atoms with Gasteiger partial charge in [-0.25, -0.2) is 17.6 Å². The average Bonchev–Trinajstić information content (AvgIpc) is 3.08. The first-order valence-corrected chi connectivity index (χ1v) is 16.4. The van der Waals surface area contributed by atoms with Gasteiger partial charge < -0.3 is 0 Å². The Hall–Kier alpha value is -4.92. The van der Waals surface area contributed by atoms with Gasteiger partial charge in [0, 0.05) is 57.0 Å². The van der Waals surface area contributed by atoms with Gasteiger partial charge in [0.25, 0.3) is 0 Å². The third kappa shape index (κ3) is 17.3. The number of pyridine rings is 4. The van der Waals surface area contributed by atoms with Crippen molar-refractivity contribution in [3.05, 3.63) is 168 Å². The maximum atomic E-state index is 13.3. The molecular weight excluding hydrogens is 992 g/mol. The Morgan fingerprint density at radius 2 is 0.804 bits per heavy atom. The van der Waals surface area contributed by atoms with Gasteiger partial charge in [-0.05, 0) is 60.7 Å². The Morgan fingerprint density at radius 3 is 1.04 bits per heavy atom. The first-order valence-electron chi connectivity index (χ1n) is 14.4. The first-order chi connectivity index (χ1) is 25.2. The number of halogens is 16. The predicted octanol–water partition coefficient (Wildman–Crippen LogP) is 13.5. The smallest absolute Gasteiger partial charge is 0.0886 e. The van der Waals surface area contributed by atoms with E-state index in [1.54, 1.807) is 12.4 Å². The molecule has 0 spiro atoms. The number of allylic oxidation sites excluding steroid dienone is 6. The molecule has 3 radical (unpaired) electrons. The molecule has 4 aromatic heterocycles. The topological polar surface area (TPSA) is 51.6 Å². The standard InChI is InChI=1S/2C12H5F5N.C10H8N2.F6P.Ir/c2*13-8-2-3-9(10(14)5-8)11-4-1-7(6-18-11)12(15,16)17;1-3-7-11-9(5-1)10-6-2-4-8-12-10;1-7(2,3,4,5)6;/h2*1-2,4-6H;1-8H;;/q;;;-1;. The van der Waals surface area contributed by atoms with Crippen molar-refractivity contribution in [3.63, 3.8) is 0 Å². The molecule has 4 heterocycles. The zero-order valence-electron chi connectivity index (χ0n) is 27.0. The summed E-state index contributed by atoms with van der Waals surface area (Å²) in [5, 5.41) is 0. The summed E-state index contributed by atoms with van der Waals surface area (Å²) in [6.45, 7) is 0. The van der Waals surface area contributed by atoms with Crippen LogP contribution in [0.1, 0.15) is 22.5 Å². The molecule has 0 N–H and O–H groups in total. The van der Waals surface area contributed by atoms with Crippen LogP contribution < -0.4 is 0 Å². The number of hydrogen-bond donors (Lipinski definition) is 0. The maximum absolute atomic E-state index is 13.3. The Bertz CT molecular complexity index is 1970. The van der Waals surface area contributed by atoms with Crippen LogP contribution in [0.4, 0.5) is 69.1 Å². The number of nitrogens with zero attached hydrogens (tertiary/aromatic N) is 4. The maximum Gasteiger partial charge on any atom is 0.0886 e. The van der Waals surface area contributed by atoms with Crippen molar-refractivity contribution in [2.75, 3.05) is 0 Å². The monoisotopic (exact) mass is 1010 g/mol. The van der Waals surface area contributed by atoms with E-state index in [0.717, 1.165) is 47.8 Å². The summed E-state index contributed by atoms with van der Waals surface area (Å²) in [5.74, 6) is -1.63. The third-order valence-corrected chi connectivity index (χ3v) is 6.00. The van der Waals surface area contributed by atoms with Crippen LogP contribution in [0.25, 0.3) is 22.5 Å². The van der Waals surface area contributed by atoms with Gasteiger partial charge in [-0.15, -0.1) is 11.5 Å². The van der Waals surface area contributed by atoms with Crippen LogP contribution >= 0.6 is 7.81 Å². The van der Waals surface area contributed by atoms with E-state index < -0.39 is 55.3 Å². The van der Waals surface area contributed by atoms with Crippen molar-refractivity contribution >= 4 is 19.0 Å². The fourth-order valence-corrected chi connectivity index (χ4v) is 3.73. The van der Waals surface area contributed by atoms with Gasteiger partial charge in [0.2, 0.25) is 12.3 Å². The van der Waals surface area contributed by atoms with E-state index in [1.807, 2.05) is 36.4 Å². The third-order valence-electron chi connectivity index (χ3n) is 6.00. The summed E-state index contributed by atoms with van der Waals surface area (Å²) in [5.41, 5.74) is 4.09. The van der Waals surface area contributed by atoms with Crippen LogP contribution in [0, 0.1) is 12.3 Å². The fourth-order valence-electron chi connectivity index (χ4n) is 3.73. The largest absolute Gasteiger partial charge is 0.255 e. The first kappa shape index (κ1) is 47.2. The van der Waals surface area contributed by atoms with Crippen LogP contribution in [-0.4, -0.2) is 19.9 Å². The van der Waals surface area contributed by atoms with Crippen LogP contribution in [0.15, 0.2) is 133 Å². The van der Waals surface area contributed by atoms with E-state index in [-0.39, 0.29) is 42.6 Å². The van der Waals surface area contributed by atoms with Gasteiger partial charge in [0.1, 0.15) is 11.7 Å². The van der Waals surface area contributed by atoms with Crippen molar-refractivity contribution < 1.29 is 89.2 Å². The van der Waals surface area contributed by atoms with E-state index in [4.69, 9.17) is 0 Å². The molecule has 2 aliphatic rings. The van der Waals surface area contributed by atoms with Crippen LogP contribution in [0.2, 0.25) is 0 Å². The van der Waals surface area contributed by atoms with Gasteiger partial charge >= 0.3 is 45.3 Å². The van der Waals surface area contributed by atoms with E-state index in [2.05, 4.69) is 31.4 Å². The fraction of sp³-hybridized carbons (Fsp3) is 0.0588. The molecule has 0 amide bonds. The molecule has 56 heavy (non-hydrogen) atoms. The molecule has 0 saturated heterocycles. The van der Waals surface area contributed by atoms with E-state index >= 15 is 0 Å². The van der Waals surface area contributed by atoms with E-state index in [9.17, 15) is 69.1 Å². The second-order valence-corrected chi connectivity index (χ2v) is 12.2. The second kappa shape index (κ2) is 17.9.